The Kier molecular flexibility index (Phi) is 4.95. The van der Waals surface area contributed by atoms with Crippen molar-refractivity contribution in [1.82, 2.24) is 0 Å². The average molecular weight is 515 g/mol. The van der Waals surface area contributed by atoms with Crippen molar-refractivity contribution >= 4 is 23.1 Å². The maximum Gasteiger partial charge on any atom is 0.233 e. The third kappa shape index (κ3) is 2.96. The van der Waals surface area contributed by atoms with Crippen LogP contribution >= 0.6 is 0 Å². The number of allylic oxidation sites excluding steroid dienone is 5. The summed E-state index contributed by atoms with van der Waals surface area (Å²) in [6.07, 6.45) is 6.04. The minimum absolute atomic E-state index is 0.207. The van der Waals surface area contributed by atoms with Crippen LogP contribution in [0.3, 0.4) is 0 Å². The quantitative estimate of drug-likeness (QED) is 0.539. The molecule has 2 heterocycles. The van der Waals surface area contributed by atoms with Crippen molar-refractivity contribution in [2.75, 3.05) is 7.11 Å². The first-order valence-corrected chi connectivity index (χ1v) is 12.9. The number of hydrogen-bond donors (Lipinski definition) is 0. The molecule has 0 amide bonds. The molecule has 1 aromatic rings. The van der Waals surface area contributed by atoms with Gasteiger partial charge in [0, 0.05) is 28.9 Å². The molecule has 38 heavy (non-hydrogen) atoms. The molecule has 4 unspecified atom stereocenters. The molecule has 1 fully saturated rings. The molecule has 5 aliphatic rings. The standard InChI is InChI=1S/C31H30O7/c1-15-13-30(4)27(35)24(33)21-19(28(30)37-15)11-16(12-20(21)36-6)14-31(5)22-25(34)23(32)17-9-7-8-10-18(17)26(22)38-29(31,2)3/h7-9,11-12,18,28H,1,10,13-14H2,2-6H3. The summed E-state index contributed by atoms with van der Waals surface area (Å²) in [7, 11) is 1.46. The predicted molar refractivity (Wildman–Crippen MR) is 137 cm³/mol. The first-order valence-electron chi connectivity index (χ1n) is 12.9. The molecule has 0 aromatic heterocycles. The lowest BCUT2D eigenvalue weighted by Crippen LogP contribution is -2.45. The second-order valence-corrected chi connectivity index (χ2v) is 11.9. The Labute approximate surface area is 221 Å². The van der Waals surface area contributed by atoms with E-state index in [-0.39, 0.29) is 23.7 Å². The summed E-state index contributed by atoms with van der Waals surface area (Å²) in [5.41, 5.74) is -0.222. The van der Waals surface area contributed by atoms with Gasteiger partial charge >= 0.3 is 0 Å². The zero-order chi connectivity index (χ0) is 27.4. The molecule has 0 N–H and O–H groups in total. The second-order valence-electron chi connectivity index (χ2n) is 11.9. The van der Waals surface area contributed by atoms with Crippen molar-refractivity contribution in [1.29, 1.82) is 0 Å². The molecule has 6 rings (SSSR count). The van der Waals surface area contributed by atoms with E-state index in [1.165, 1.54) is 7.11 Å². The van der Waals surface area contributed by atoms with E-state index in [1.54, 1.807) is 25.1 Å². The van der Waals surface area contributed by atoms with Crippen LogP contribution in [0.4, 0.5) is 0 Å². The van der Waals surface area contributed by atoms with Crippen molar-refractivity contribution in [3.8, 4) is 5.75 Å². The van der Waals surface area contributed by atoms with Crippen LogP contribution in [0, 0.1) is 16.7 Å². The Morgan fingerprint density at radius 2 is 1.79 bits per heavy atom. The van der Waals surface area contributed by atoms with Crippen molar-refractivity contribution in [2.24, 2.45) is 16.7 Å². The number of carbonyl (C=O) groups is 4. The van der Waals surface area contributed by atoms with Gasteiger partial charge in [0.25, 0.3) is 0 Å². The minimum Gasteiger partial charge on any atom is -0.496 e. The lowest BCUT2D eigenvalue weighted by atomic mass is 9.62. The van der Waals surface area contributed by atoms with Gasteiger partial charge in [0.2, 0.25) is 23.1 Å². The van der Waals surface area contributed by atoms with Crippen LogP contribution in [0.15, 0.2) is 59.6 Å². The number of ether oxygens (including phenoxy) is 3. The summed E-state index contributed by atoms with van der Waals surface area (Å²) in [5.74, 6) is -1.08. The Bertz CT molecular complexity index is 1490. The van der Waals surface area contributed by atoms with E-state index >= 15 is 0 Å². The number of methoxy groups -OCH3 is 1. The molecule has 7 nitrogen and oxygen atoms in total. The molecule has 4 atom stereocenters. The Morgan fingerprint density at radius 1 is 1.05 bits per heavy atom. The Balaban J connectivity index is 1.49. The number of ketones is 4. The van der Waals surface area contributed by atoms with Crippen molar-refractivity contribution in [2.45, 2.75) is 58.7 Å². The highest BCUT2D eigenvalue weighted by Crippen LogP contribution is 2.58. The van der Waals surface area contributed by atoms with Crippen molar-refractivity contribution < 1.29 is 33.4 Å². The maximum absolute atomic E-state index is 13.5. The van der Waals surface area contributed by atoms with Crippen LogP contribution in [0.5, 0.6) is 5.75 Å². The van der Waals surface area contributed by atoms with Crippen LogP contribution in [0.25, 0.3) is 0 Å². The highest BCUT2D eigenvalue weighted by molar-refractivity contribution is 6.50. The molecule has 196 valence electrons. The smallest absolute Gasteiger partial charge is 0.233 e. The third-order valence-corrected chi connectivity index (χ3v) is 9.30. The summed E-state index contributed by atoms with van der Waals surface area (Å²) < 4.78 is 18.1. The van der Waals surface area contributed by atoms with E-state index in [1.807, 2.05) is 32.9 Å². The number of carbonyl (C=O) groups excluding carboxylic acids is 4. The highest BCUT2D eigenvalue weighted by atomic mass is 16.5. The zero-order valence-electron chi connectivity index (χ0n) is 22.2. The van der Waals surface area contributed by atoms with Gasteiger partial charge in [-0.1, -0.05) is 37.8 Å². The fourth-order valence-corrected chi connectivity index (χ4v) is 6.91. The van der Waals surface area contributed by atoms with Gasteiger partial charge in [0.15, 0.2) is 0 Å². The van der Waals surface area contributed by atoms with Gasteiger partial charge in [-0.2, -0.15) is 0 Å². The number of benzene rings is 1. The number of Topliss-reactive ketones (excluding diaryl/α,β-unsaturated/α-hetero) is 4. The van der Waals surface area contributed by atoms with Gasteiger partial charge in [0.05, 0.1) is 29.4 Å². The van der Waals surface area contributed by atoms with Gasteiger partial charge in [-0.15, -0.1) is 0 Å². The number of rotatable bonds is 3. The topological polar surface area (TPSA) is 96.0 Å². The van der Waals surface area contributed by atoms with Crippen LogP contribution in [0.2, 0.25) is 0 Å². The summed E-state index contributed by atoms with van der Waals surface area (Å²) in [5, 5.41) is 0. The lowest BCUT2D eigenvalue weighted by Gasteiger charge is -2.39. The zero-order valence-corrected chi connectivity index (χ0v) is 22.2. The van der Waals surface area contributed by atoms with Gasteiger partial charge < -0.3 is 14.2 Å². The summed E-state index contributed by atoms with van der Waals surface area (Å²) in [6.45, 7) is 11.5. The fraction of sp³-hybridized carbons (Fsp3) is 0.419. The van der Waals surface area contributed by atoms with Crippen LogP contribution < -0.4 is 4.74 Å². The molecule has 0 saturated carbocycles. The van der Waals surface area contributed by atoms with Crippen molar-refractivity contribution in [3.05, 3.63) is 76.3 Å². The molecule has 2 aliphatic heterocycles. The molecule has 0 spiro atoms. The van der Waals surface area contributed by atoms with E-state index < -0.39 is 45.7 Å². The molecule has 3 aliphatic carbocycles. The maximum atomic E-state index is 13.5. The van der Waals surface area contributed by atoms with E-state index in [9.17, 15) is 19.2 Å². The normalized spacial score (nSPS) is 32.8. The van der Waals surface area contributed by atoms with E-state index in [0.29, 0.717) is 41.1 Å². The molecular weight excluding hydrogens is 484 g/mol. The largest absolute Gasteiger partial charge is 0.496 e. The molecule has 1 aromatic carbocycles. The first kappa shape index (κ1) is 24.6. The Hall–Kier alpha value is -3.74. The predicted octanol–water partition coefficient (Wildman–Crippen LogP) is 4.71. The first-order chi connectivity index (χ1) is 17.8. The van der Waals surface area contributed by atoms with Gasteiger partial charge in [0.1, 0.15) is 23.2 Å². The molecule has 7 heteroatoms. The van der Waals surface area contributed by atoms with Crippen LogP contribution in [-0.4, -0.2) is 35.8 Å². The van der Waals surface area contributed by atoms with Crippen molar-refractivity contribution in [3.63, 3.8) is 0 Å². The highest BCUT2D eigenvalue weighted by Gasteiger charge is 2.61. The second kappa shape index (κ2) is 7.65. The monoisotopic (exact) mass is 514 g/mol. The Morgan fingerprint density at radius 3 is 2.50 bits per heavy atom. The third-order valence-electron chi connectivity index (χ3n) is 9.30. The van der Waals surface area contributed by atoms with E-state index in [4.69, 9.17) is 14.2 Å². The lowest BCUT2D eigenvalue weighted by molar-refractivity contribution is -0.133. The number of fused-ring (bicyclic) bond motifs is 5. The van der Waals surface area contributed by atoms with Crippen LogP contribution in [0.1, 0.15) is 68.1 Å². The molecule has 0 bridgehead atoms. The van der Waals surface area contributed by atoms with Gasteiger partial charge in [-0.3, -0.25) is 19.2 Å². The molecular formula is C31H30O7. The minimum atomic E-state index is -1.04. The SMILES string of the molecule is C=C1CC2(C)C(=O)C(=O)c3c(OC)cc(CC4(C)C5=C(OC4(C)C)C4CC=CC=C4C(=O)C5=O)cc3C2O1. The molecule has 1 saturated heterocycles. The van der Waals surface area contributed by atoms with Gasteiger partial charge in [-0.25, -0.2) is 0 Å². The summed E-state index contributed by atoms with van der Waals surface area (Å²) >= 11 is 0. The van der Waals surface area contributed by atoms with E-state index in [2.05, 4.69) is 6.58 Å². The van der Waals surface area contributed by atoms with Gasteiger partial charge in [-0.05, 0) is 45.2 Å². The van der Waals surface area contributed by atoms with Crippen LogP contribution in [-0.2, 0) is 30.3 Å². The number of hydrogen-bond acceptors (Lipinski definition) is 7. The molecule has 0 radical (unpaired) electrons. The average Bonchev–Trinajstić information content (AvgIpc) is 3.30. The summed E-state index contributed by atoms with van der Waals surface area (Å²) in [6, 6.07) is 3.60. The fourth-order valence-electron chi connectivity index (χ4n) is 6.91. The summed E-state index contributed by atoms with van der Waals surface area (Å²) in [4.78, 5) is 53.0. The van der Waals surface area contributed by atoms with E-state index in [0.717, 1.165) is 5.56 Å².